The van der Waals surface area contributed by atoms with E-state index in [1.807, 2.05) is 72.7 Å². The number of rotatable bonds is 5. The summed E-state index contributed by atoms with van der Waals surface area (Å²) in [6.45, 7) is 1.60. The molecule has 2 atom stereocenters. The van der Waals surface area contributed by atoms with Crippen LogP contribution in [0.5, 0.6) is 0 Å². The normalized spacial score (nSPS) is 18.6. The Hall–Kier alpha value is -3.40. The molecule has 3 aromatic carbocycles. The molecule has 4 nitrogen and oxygen atoms in total. The van der Waals surface area contributed by atoms with Gasteiger partial charge in [0.05, 0.1) is 23.3 Å². The summed E-state index contributed by atoms with van der Waals surface area (Å²) in [5.41, 5.74) is 4.74. The van der Waals surface area contributed by atoms with Gasteiger partial charge in [0.2, 0.25) is 0 Å². The summed E-state index contributed by atoms with van der Waals surface area (Å²) in [5.74, 6) is -0.134. The Kier molecular flexibility index (Phi) is 4.94. The van der Waals surface area contributed by atoms with E-state index < -0.39 is 0 Å². The van der Waals surface area contributed by atoms with Crippen LogP contribution in [-0.4, -0.2) is 18.5 Å². The summed E-state index contributed by atoms with van der Waals surface area (Å²) in [6.07, 6.45) is 0. The zero-order chi connectivity index (χ0) is 19.5. The Bertz CT molecular complexity index is 999. The standard InChI is InChI=1S/C24H23N3O/c1-17(28)23-22(18-11-5-3-6-12-18)24(19-13-7-4-8-14-19)27(26-23)21-16-10-9-15-20(21)25-2/h3-16,22,24-25H,1-2H3. The molecule has 4 heteroatoms. The molecule has 0 aromatic heterocycles. The smallest absolute Gasteiger partial charge is 0.176 e. The Morgan fingerprint density at radius 2 is 1.43 bits per heavy atom. The Labute approximate surface area is 165 Å². The van der Waals surface area contributed by atoms with Crippen LogP contribution in [0.3, 0.4) is 0 Å². The molecule has 1 aliphatic rings. The largest absolute Gasteiger partial charge is 0.386 e. The van der Waals surface area contributed by atoms with Crippen LogP contribution in [0.25, 0.3) is 0 Å². The fourth-order valence-corrected chi connectivity index (χ4v) is 3.89. The lowest BCUT2D eigenvalue weighted by atomic mass is 9.83. The average molecular weight is 369 g/mol. The zero-order valence-corrected chi connectivity index (χ0v) is 16.0. The van der Waals surface area contributed by atoms with Crippen LogP contribution in [0.4, 0.5) is 11.4 Å². The molecule has 0 fully saturated rings. The van der Waals surface area contributed by atoms with Crippen LogP contribution >= 0.6 is 0 Å². The van der Waals surface area contributed by atoms with Crippen molar-refractivity contribution in [1.82, 2.24) is 0 Å². The van der Waals surface area contributed by atoms with Crippen molar-refractivity contribution in [2.24, 2.45) is 5.10 Å². The molecule has 1 N–H and O–H groups in total. The number of ketones is 1. The van der Waals surface area contributed by atoms with Crippen LogP contribution in [0.2, 0.25) is 0 Å². The molecule has 140 valence electrons. The van der Waals surface area contributed by atoms with E-state index in [1.165, 1.54) is 0 Å². The third kappa shape index (κ3) is 3.18. The number of benzene rings is 3. The first kappa shape index (κ1) is 18.0. The van der Waals surface area contributed by atoms with E-state index in [9.17, 15) is 4.79 Å². The highest BCUT2D eigenvalue weighted by Gasteiger charge is 2.42. The van der Waals surface area contributed by atoms with Crippen molar-refractivity contribution >= 4 is 22.9 Å². The topological polar surface area (TPSA) is 44.7 Å². The van der Waals surface area contributed by atoms with Gasteiger partial charge in [0.15, 0.2) is 5.78 Å². The molecule has 0 bridgehead atoms. The number of hydrogen-bond donors (Lipinski definition) is 1. The minimum absolute atomic E-state index is 0.000719. The van der Waals surface area contributed by atoms with Crippen molar-refractivity contribution in [2.75, 3.05) is 17.4 Å². The molecule has 0 aliphatic carbocycles. The van der Waals surface area contributed by atoms with E-state index in [0.29, 0.717) is 5.71 Å². The number of carbonyl (C=O) groups excluding carboxylic acids is 1. The van der Waals surface area contributed by atoms with Gasteiger partial charge < -0.3 is 5.32 Å². The Morgan fingerprint density at radius 3 is 2.04 bits per heavy atom. The molecule has 0 spiro atoms. The van der Waals surface area contributed by atoms with Gasteiger partial charge in [0.1, 0.15) is 5.71 Å². The maximum Gasteiger partial charge on any atom is 0.176 e. The number of nitrogens with one attached hydrogen (secondary N) is 1. The lowest BCUT2D eigenvalue weighted by Crippen LogP contribution is -2.26. The second-order valence-electron chi connectivity index (χ2n) is 6.90. The molecule has 2 unspecified atom stereocenters. The van der Waals surface area contributed by atoms with E-state index in [-0.39, 0.29) is 17.7 Å². The molecule has 3 aromatic rings. The number of Topliss-reactive ketones (excluding diaryl/α,β-unsaturated/α-hetero) is 1. The molecule has 0 saturated carbocycles. The predicted octanol–water partition coefficient (Wildman–Crippen LogP) is 5.02. The minimum atomic E-state index is -0.133. The van der Waals surface area contributed by atoms with E-state index >= 15 is 0 Å². The van der Waals surface area contributed by atoms with E-state index in [4.69, 9.17) is 5.10 Å². The molecule has 28 heavy (non-hydrogen) atoms. The first-order valence-electron chi connectivity index (χ1n) is 9.46. The molecule has 0 radical (unpaired) electrons. The SMILES string of the molecule is CNc1ccccc1N1N=C(C(C)=O)C(c2ccccc2)C1c1ccccc1. The molecule has 0 saturated heterocycles. The highest BCUT2D eigenvalue weighted by molar-refractivity contribution is 6.42. The van der Waals surface area contributed by atoms with Gasteiger partial charge in [-0.3, -0.25) is 9.80 Å². The fraction of sp³-hybridized carbons (Fsp3) is 0.167. The summed E-state index contributed by atoms with van der Waals surface area (Å²) < 4.78 is 0. The van der Waals surface area contributed by atoms with Gasteiger partial charge in [-0.25, -0.2) is 0 Å². The van der Waals surface area contributed by atoms with E-state index in [0.717, 1.165) is 22.5 Å². The van der Waals surface area contributed by atoms with Crippen molar-refractivity contribution in [1.29, 1.82) is 0 Å². The van der Waals surface area contributed by atoms with E-state index in [2.05, 4.69) is 29.6 Å². The quantitative estimate of drug-likeness (QED) is 0.687. The lowest BCUT2D eigenvalue weighted by molar-refractivity contribution is -0.111. The third-order valence-corrected chi connectivity index (χ3v) is 5.17. The number of anilines is 2. The lowest BCUT2D eigenvalue weighted by Gasteiger charge is -2.30. The summed E-state index contributed by atoms with van der Waals surface area (Å²) in [5, 5.41) is 10.1. The van der Waals surface area contributed by atoms with Crippen LogP contribution in [0.15, 0.2) is 90.0 Å². The van der Waals surface area contributed by atoms with Crippen LogP contribution in [0.1, 0.15) is 30.0 Å². The molecular weight excluding hydrogens is 346 g/mol. The van der Waals surface area contributed by atoms with Gasteiger partial charge in [0, 0.05) is 14.0 Å². The number of hydrazone groups is 1. The van der Waals surface area contributed by atoms with Gasteiger partial charge in [-0.15, -0.1) is 0 Å². The number of hydrogen-bond acceptors (Lipinski definition) is 4. The molecular formula is C24H23N3O. The number of carbonyl (C=O) groups is 1. The zero-order valence-electron chi connectivity index (χ0n) is 16.0. The maximum atomic E-state index is 12.6. The highest BCUT2D eigenvalue weighted by Crippen LogP contribution is 2.46. The van der Waals surface area contributed by atoms with Gasteiger partial charge in [-0.05, 0) is 23.3 Å². The Balaban J connectivity index is 1.92. The highest BCUT2D eigenvalue weighted by atomic mass is 16.1. The van der Waals surface area contributed by atoms with Crippen LogP contribution < -0.4 is 10.3 Å². The third-order valence-electron chi connectivity index (χ3n) is 5.17. The number of para-hydroxylation sites is 2. The first-order chi connectivity index (χ1) is 13.7. The van der Waals surface area contributed by atoms with Gasteiger partial charge >= 0.3 is 0 Å². The number of nitrogens with zero attached hydrogens (tertiary/aromatic N) is 2. The first-order valence-corrected chi connectivity index (χ1v) is 9.46. The predicted molar refractivity (Wildman–Crippen MR) is 115 cm³/mol. The van der Waals surface area contributed by atoms with Crippen LogP contribution in [-0.2, 0) is 4.79 Å². The monoisotopic (exact) mass is 369 g/mol. The Morgan fingerprint density at radius 1 is 0.857 bits per heavy atom. The van der Waals surface area contributed by atoms with Gasteiger partial charge in [0.25, 0.3) is 0 Å². The summed E-state index contributed by atoms with van der Waals surface area (Å²) in [7, 11) is 1.90. The fourth-order valence-electron chi connectivity index (χ4n) is 3.89. The van der Waals surface area contributed by atoms with Gasteiger partial charge in [-0.1, -0.05) is 72.8 Å². The molecule has 1 heterocycles. The second kappa shape index (κ2) is 7.69. The van der Waals surface area contributed by atoms with Crippen molar-refractivity contribution in [3.05, 3.63) is 96.1 Å². The summed E-state index contributed by atoms with van der Waals surface area (Å²) >= 11 is 0. The molecule has 1 aliphatic heterocycles. The van der Waals surface area contributed by atoms with Crippen molar-refractivity contribution < 1.29 is 4.79 Å². The summed E-state index contributed by atoms with van der Waals surface area (Å²) in [4.78, 5) is 12.6. The second-order valence-corrected chi connectivity index (χ2v) is 6.90. The minimum Gasteiger partial charge on any atom is -0.386 e. The maximum absolute atomic E-state index is 12.6. The van der Waals surface area contributed by atoms with Gasteiger partial charge in [-0.2, -0.15) is 5.10 Å². The molecule has 4 rings (SSSR count). The van der Waals surface area contributed by atoms with Crippen molar-refractivity contribution in [3.8, 4) is 0 Å². The van der Waals surface area contributed by atoms with E-state index in [1.54, 1.807) is 6.92 Å². The molecule has 0 amide bonds. The summed E-state index contributed by atoms with van der Waals surface area (Å²) in [6, 6.07) is 28.4. The van der Waals surface area contributed by atoms with Crippen LogP contribution in [0, 0.1) is 0 Å². The van der Waals surface area contributed by atoms with Crippen molar-refractivity contribution in [3.63, 3.8) is 0 Å². The average Bonchev–Trinajstić information content (AvgIpc) is 3.16. The van der Waals surface area contributed by atoms with Crippen molar-refractivity contribution in [2.45, 2.75) is 18.9 Å².